The minimum Gasteiger partial charge on any atom is -0.480 e. The summed E-state index contributed by atoms with van der Waals surface area (Å²) in [4.78, 5) is 33.0. The van der Waals surface area contributed by atoms with E-state index in [4.69, 9.17) is 5.11 Å². The van der Waals surface area contributed by atoms with Crippen molar-refractivity contribution in [2.45, 2.75) is 19.9 Å². The van der Waals surface area contributed by atoms with Gasteiger partial charge in [-0.05, 0) is 17.5 Å². The summed E-state index contributed by atoms with van der Waals surface area (Å²) in [5.74, 6) is -1.87. The van der Waals surface area contributed by atoms with Crippen molar-refractivity contribution in [2.75, 3.05) is 13.2 Å². The Morgan fingerprint density at radius 1 is 1.14 bits per heavy atom. The van der Waals surface area contributed by atoms with Crippen LogP contribution in [0.3, 0.4) is 0 Å². The number of aryl methyl sites for hydroxylation is 1. The van der Waals surface area contributed by atoms with Crippen LogP contribution in [-0.4, -0.2) is 36.2 Å². The standard InChI is InChI=1S/C14H18N2O5/c1-2-10-5-3-4-6-11(10)7-15-14(20)16-12(17)8-21-9-13(18)19/h3-6H,2,7-9H2,1H3,(H,18,19)(H2,15,16,17,20). The lowest BCUT2D eigenvalue weighted by atomic mass is 10.1. The Morgan fingerprint density at radius 2 is 1.81 bits per heavy atom. The number of benzene rings is 1. The largest absolute Gasteiger partial charge is 0.480 e. The summed E-state index contributed by atoms with van der Waals surface area (Å²) in [6, 6.07) is 7.02. The van der Waals surface area contributed by atoms with Crippen molar-refractivity contribution in [1.29, 1.82) is 0 Å². The Hall–Kier alpha value is -2.41. The number of carbonyl (C=O) groups excluding carboxylic acids is 2. The van der Waals surface area contributed by atoms with E-state index in [1.54, 1.807) is 0 Å². The highest BCUT2D eigenvalue weighted by atomic mass is 16.5. The molecule has 0 fully saturated rings. The van der Waals surface area contributed by atoms with E-state index in [-0.39, 0.29) is 0 Å². The number of hydrogen-bond acceptors (Lipinski definition) is 4. The third-order valence-corrected chi connectivity index (χ3v) is 2.65. The highest BCUT2D eigenvalue weighted by Crippen LogP contribution is 2.08. The maximum Gasteiger partial charge on any atom is 0.329 e. The second kappa shape index (κ2) is 8.70. The van der Waals surface area contributed by atoms with Crippen LogP contribution in [0.15, 0.2) is 24.3 Å². The Labute approximate surface area is 122 Å². The molecule has 1 aromatic rings. The Kier molecular flexibility index (Phi) is 6.90. The topological polar surface area (TPSA) is 105 Å². The fourth-order valence-corrected chi connectivity index (χ4v) is 1.69. The van der Waals surface area contributed by atoms with Crippen molar-refractivity contribution in [2.24, 2.45) is 0 Å². The quantitative estimate of drug-likeness (QED) is 0.685. The van der Waals surface area contributed by atoms with Gasteiger partial charge in [0.15, 0.2) is 0 Å². The normalized spacial score (nSPS) is 9.95. The van der Waals surface area contributed by atoms with Gasteiger partial charge in [-0.2, -0.15) is 0 Å². The highest BCUT2D eigenvalue weighted by Gasteiger charge is 2.09. The molecule has 0 aliphatic heterocycles. The van der Waals surface area contributed by atoms with Crippen LogP contribution < -0.4 is 10.6 Å². The first-order chi connectivity index (χ1) is 10.0. The number of carboxylic acids is 1. The van der Waals surface area contributed by atoms with Crippen LogP contribution in [0.4, 0.5) is 4.79 Å². The van der Waals surface area contributed by atoms with Crippen molar-refractivity contribution in [3.05, 3.63) is 35.4 Å². The number of aliphatic carboxylic acids is 1. The zero-order valence-corrected chi connectivity index (χ0v) is 11.7. The molecule has 7 nitrogen and oxygen atoms in total. The number of nitrogens with one attached hydrogen (secondary N) is 2. The molecule has 0 saturated carbocycles. The molecule has 1 rings (SSSR count). The molecule has 0 aromatic heterocycles. The number of rotatable bonds is 7. The van der Waals surface area contributed by atoms with Gasteiger partial charge in [-0.3, -0.25) is 10.1 Å². The van der Waals surface area contributed by atoms with Crippen LogP contribution in [-0.2, 0) is 27.3 Å². The van der Waals surface area contributed by atoms with Gasteiger partial charge in [0.05, 0.1) is 0 Å². The van der Waals surface area contributed by atoms with Gasteiger partial charge in [-0.1, -0.05) is 31.2 Å². The molecule has 0 saturated heterocycles. The molecule has 0 spiro atoms. The van der Waals surface area contributed by atoms with E-state index < -0.39 is 31.1 Å². The fourth-order valence-electron chi connectivity index (χ4n) is 1.69. The number of amides is 3. The van der Waals surface area contributed by atoms with E-state index in [9.17, 15) is 14.4 Å². The SMILES string of the molecule is CCc1ccccc1CNC(=O)NC(=O)COCC(=O)O. The first-order valence-corrected chi connectivity index (χ1v) is 6.47. The smallest absolute Gasteiger partial charge is 0.329 e. The molecule has 0 radical (unpaired) electrons. The number of carboxylic acid groups (broad SMARTS) is 1. The van der Waals surface area contributed by atoms with Crippen LogP contribution in [0.5, 0.6) is 0 Å². The zero-order chi connectivity index (χ0) is 15.7. The van der Waals surface area contributed by atoms with Crippen molar-refractivity contribution < 1.29 is 24.2 Å². The van der Waals surface area contributed by atoms with Crippen molar-refractivity contribution >= 4 is 17.9 Å². The van der Waals surface area contributed by atoms with Gasteiger partial charge in [0, 0.05) is 6.54 Å². The predicted octanol–water partition coefficient (Wildman–Crippen LogP) is 0.676. The van der Waals surface area contributed by atoms with E-state index in [0.717, 1.165) is 17.5 Å². The molecule has 1 aromatic carbocycles. The van der Waals surface area contributed by atoms with Crippen LogP contribution in [0.2, 0.25) is 0 Å². The van der Waals surface area contributed by atoms with Crippen LogP contribution in [0.25, 0.3) is 0 Å². The van der Waals surface area contributed by atoms with E-state index in [2.05, 4.69) is 15.4 Å². The molecule has 0 aliphatic carbocycles. The number of ether oxygens (including phenoxy) is 1. The summed E-state index contributed by atoms with van der Waals surface area (Å²) >= 11 is 0. The molecule has 0 atom stereocenters. The van der Waals surface area contributed by atoms with E-state index in [1.165, 1.54) is 0 Å². The summed E-state index contributed by atoms with van der Waals surface area (Å²) in [5.41, 5.74) is 2.10. The summed E-state index contributed by atoms with van der Waals surface area (Å²) < 4.78 is 4.57. The predicted molar refractivity (Wildman–Crippen MR) is 74.7 cm³/mol. The maximum absolute atomic E-state index is 11.5. The van der Waals surface area contributed by atoms with Crippen LogP contribution >= 0.6 is 0 Å². The number of imide groups is 1. The first-order valence-electron chi connectivity index (χ1n) is 6.47. The highest BCUT2D eigenvalue weighted by molar-refractivity contribution is 5.94. The molecule has 3 amide bonds. The molecular weight excluding hydrogens is 276 g/mol. The van der Waals surface area contributed by atoms with Gasteiger partial charge in [0.1, 0.15) is 13.2 Å². The summed E-state index contributed by atoms with van der Waals surface area (Å²) in [6.07, 6.45) is 0.849. The molecular formula is C14H18N2O5. The number of hydrogen-bond donors (Lipinski definition) is 3. The Morgan fingerprint density at radius 3 is 2.43 bits per heavy atom. The summed E-state index contributed by atoms with van der Waals surface area (Å²) in [5, 5.41) is 12.9. The van der Waals surface area contributed by atoms with Gasteiger partial charge in [-0.15, -0.1) is 0 Å². The lowest BCUT2D eigenvalue weighted by Gasteiger charge is -2.09. The molecule has 3 N–H and O–H groups in total. The molecule has 21 heavy (non-hydrogen) atoms. The fraction of sp³-hybridized carbons (Fsp3) is 0.357. The summed E-state index contributed by atoms with van der Waals surface area (Å²) in [6.45, 7) is 1.26. The van der Waals surface area contributed by atoms with Gasteiger partial charge < -0.3 is 15.2 Å². The van der Waals surface area contributed by atoms with Crippen molar-refractivity contribution in [1.82, 2.24) is 10.6 Å². The molecule has 7 heteroatoms. The lowest BCUT2D eigenvalue weighted by molar-refractivity contribution is -0.143. The average molecular weight is 294 g/mol. The molecule has 0 bridgehead atoms. The van der Waals surface area contributed by atoms with E-state index in [1.807, 2.05) is 31.2 Å². The molecule has 0 heterocycles. The summed E-state index contributed by atoms with van der Waals surface area (Å²) in [7, 11) is 0. The minimum absolute atomic E-state index is 0.305. The monoisotopic (exact) mass is 294 g/mol. The first kappa shape index (κ1) is 16.6. The maximum atomic E-state index is 11.5. The van der Waals surface area contributed by atoms with Gasteiger partial charge in [-0.25, -0.2) is 9.59 Å². The van der Waals surface area contributed by atoms with Gasteiger partial charge in [0.2, 0.25) is 0 Å². The van der Waals surface area contributed by atoms with Gasteiger partial charge in [0.25, 0.3) is 5.91 Å². The number of carbonyl (C=O) groups is 3. The third-order valence-electron chi connectivity index (χ3n) is 2.65. The van der Waals surface area contributed by atoms with Crippen molar-refractivity contribution in [3.63, 3.8) is 0 Å². The lowest BCUT2D eigenvalue weighted by Crippen LogP contribution is -2.41. The van der Waals surface area contributed by atoms with E-state index >= 15 is 0 Å². The number of urea groups is 1. The molecule has 114 valence electrons. The second-order valence-electron chi connectivity index (χ2n) is 4.24. The minimum atomic E-state index is -1.18. The average Bonchev–Trinajstić information content (AvgIpc) is 2.45. The van der Waals surface area contributed by atoms with E-state index in [0.29, 0.717) is 6.54 Å². The van der Waals surface area contributed by atoms with Crippen molar-refractivity contribution in [3.8, 4) is 0 Å². The third kappa shape index (κ3) is 6.53. The van der Waals surface area contributed by atoms with Crippen LogP contribution in [0, 0.1) is 0 Å². The van der Waals surface area contributed by atoms with Crippen LogP contribution in [0.1, 0.15) is 18.1 Å². The molecule has 0 unspecified atom stereocenters. The Bertz CT molecular complexity index is 516. The zero-order valence-electron chi connectivity index (χ0n) is 11.7. The van der Waals surface area contributed by atoms with Gasteiger partial charge >= 0.3 is 12.0 Å². The molecule has 0 aliphatic rings. The Balaban J connectivity index is 2.33. The second-order valence-corrected chi connectivity index (χ2v) is 4.24.